The first kappa shape index (κ1) is 15.6. The van der Waals surface area contributed by atoms with Gasteiger partial charge in [-0.2, -0.15) is 0 Å². The molecule has 7 nitrogen and oxygen atoms in total. The predicted octanol–water partition coefficient (Wildman–Crippen LogP) is 0.557. The predicted molar refractivity (Wildman–Crippen MR) is 87.8 cm³/mol. The standard InChI is InChI=1S/C16H22N4O3/c1-12(21)18-10-15-11-20(16(22)23-15)14-4-2-13(3-5-14)19-8-6-17-7-9-19/h2-5,15,17H,6-11H2,1H3,(H,18,21). The fraction of sp³-hybridized carbons (Fsp3) is 0.500. The fourth-order valence-corrected chi connectivity index (χ4v) is 2.86. The van der Waals surface area contributed by atoms with Gasteiger partial charge in [-0.25, -0.2) is 4.79 Å². The second-order valence-electron chi connectivity index (χ2n) is 5.81. The summed E-state index contributed by atoms with van der Waals surface area (Å²) in [5, 5.41) is 6.01. The molecule has 3 rings (SSSR count). The van der Waals surface area contributed by atoms with Crippen molar-refractivity contribution in [3.63, 3.8) is 0 Å². The first-order chi connectivity index (χ1) is 11.1. The lowest BCUT2D eigenvalue weighted by Crippen LogP contribution is -2.43. The molecule has 7 heteroatoms. The van der Waals surface area contributed by atoms with Crippen LogP contribution in [0.15, 0.2) is 24.3 Å². The highest BCUT2D eigenvalue weighted by Crippen LogP contribution is 2.25. The maximum Gasteiger partial charge on any atom is 0.414 e. The molecule has 0 spiro atoms. The Bertz CT molecular complexity index is 569. The van der Waals surface area contributed by atoms with Gasteiger partial charge in [0.15, 0.2) is 0 Å². The molecule has 2 aliphatic heterocycles. The molecule has 0 aliphatic carbocycles. The summed E-state index contributed by atoms with van der Waals surface area (Å²) in [6.45, 7) is 6.20. The Morgan fingerprint density at radius 1 is 1.26 bits per heavy atom. The van der Waals surface area contributed by atoms with Crippen LogP contribution in [0.4, 0.5) is 16.2 Å². The maximum absolute atomic E-state index is 12.0. The summed E-state index contributed by atoms with van der Waals surface area (Å²) in [5.41, 5.74) is 1.98. The third kappa shape index (κ3) is 3.73. The van der Waals surface area contributed by atoms with Crippen molar-refractivity contribution in [2.24, 2.45) is 0 Å². The van der Waals surface area contributed by atoms with Gasteiger partial charge in [0.05, 0.1) is 13.1 Å². The van der Waals surface area contributed by atoms with Crippen molar-refractivity contribution in [1.29, 1.82) is 0 Å². The molecule has 1 atom stereocenters. The molecule has 0 radical (unpaired) electrons. The number of hydrogen-bond acceptors (Lipinski definition) is 5. The van der Waals surface area contributed by atoms with E-state index >= 15 is 0 Å². The zero-order chi connectivity index (χ0) is 16.2. The average Bonchev–Trinajstić information content (AvgIpc) is 2.95. The van der Waals surface area contributed by atoms with Gasteiger partial charge in [0.25, 0.3) is 0 Å². The number of rotatable bonds is 4. The molecule has 2 amide bonds. The van der Waals surface area contributed by atoms with Crippen LogP contribution in [0.2, 0.25) is 0 Å². The lowest BCUT2D eigenvalue weighted by molar-refractivity contribution is -0.119. The summed E-state index contributed by atoms with van der Waals surface area (Å²) in [7, 11) is 0. The van der Waals surface area contributed by atoms with Crippen molar-refractivity contribution in [3.8, 4) is 0 Å². The normalized spacial score (nSPS) is 21.3. The minimum Gasteiger partial charge on any atom is -0.442 e. The van der Waals surface area contributed by atoms with Crippen LogP contribution in [0.5, 0.6) is 0 Å². The maximum atomic E-state index is 12.0. The molecule has 2 N–H and O–H groups in total. The monoisotopic (exact) mass is 318 g/mol. The van der Waals surface area contributed by atoms with Crippen molar-refractivity contribution in [2.75, 3.05) is 49.1 Å². The third-order valence-electron chi connectivity index (χ3n) is 4.10. The first-order valence-corrected chi connectivity index (χ1v) is 7.92. The molecular weight excluding hydrogens is 296 g/mol. The molecule has 2 saturated heterocycles. The topological polar surface area (TPSA) is 73.9 Å². The van der Waals surface area contributed by atoms with E-state index in [4.69, 9.17) is 4.74 Å². The Hall–Kier alpha value is -2.28. The fourth-order valence-electron chi connectivity index (χ4n) is 2.86. The SMILES string of the molecule is CC(=O)NCC1CN(c2ccc(N3CCNCC3)cc2)C(=O)O1. The van der Waals surface area contributed by atoms with Crippen LogP contribution < -0.4 is 20.4 Å². The van der Waals surface area contributed by atoms with Gasteiger partial charge < -0.3 is 20.3 Å². The zero-order valence-electron chi connectivity index (χ0n) is 13.2. The summed E-state index contributed by atoms with van der Waals surface area (Å²) in [6, 6.07) is 7.96. The number of ether oxygens (including phenoxy) is 1. The third-order valence-corrected chi connectivity index (χ3v) is 4.10. The smallest absolute Gasteiger partial charge is 0.414 e. The Kier molecular flexibility index (Phi) is 4.66. The summed E-state index contributed by atoms with van der Waals surface area (Å²) >= 11 is 0. The van der Waals surface area contributed by atoms with Crippen molar-refractivity contribution < 1.29 is 14.3 Å². The van der Waals surface area contributed by atoms with Crippen LogP contribution >= 0.6 is 0 Å². The molecule has 1 aromatic rings. The van der Waals surface area contributed by atoms with E-state index in [9.17, 15) is 9.59 Å². The number of nitrogens with one attached hydrogen (secondary N) is 2. The van der Waals surface area contributed by atoms with Crippen molar-refractivity contribution in [2.45, 2.75) is 13.0 Å². The van der Waals surface area contributed by atoms with Crippen molar-refractivity contribution in [1.82, 2.24) is 10.6 Å². The number of carbonyl (C=O) groups is 2. The highest BCUT2D eigenvalue weighted by Gasteiger charge is 2.32. The number of anilines is 2. The number of benzene rings is 1. The van der Waals surface area contributed by atoms with Crippen LogP contribution in [-0.2, 0) is 9.53 Å². The van der Waals surface area contributed by atoms with Gasteiger partial charge in [-0.15, -0.1) is 0 Å². The lowest BCUT2D eigenvalue weighted by Gasteiger charge is -2.29. The minimum absolute atomic E-state index is 0.125. The van der Waals surface area contributed by atoms with E-state index in [-0.39, 0.29) is 18.1 Å². The summed E-state index contributed by atoms with van der Waals surface area (Å²) in [6.07, 6.45) is -0.672. The Morgan fingerprint density at radius 2 is 1.91 bits per heavy atom. The molecule has 1 aromatic carbocycles. The number of nitrogens with zero attached hydrogens (tertiary/aromatic N) is 2. The highest BCUT2D eigenvalue weighted by atomic mass is 16.6. The number of hydrogen-bond donors (Lipinski definition) is 2. The second kappa shape index (κ2) is 6.87. The highest BCUT2D eigenvalue weighted by molar-refractivity contribution is 5.90. The molecule has 2 heterocycles. The Labute approximate surface area is 135 Å². The summed E-state index contributed by atoms with van der Waals surface area (Å²) in [4.78, 5) is 26.9. The number of cyclic esters (lactones) is 1. The molecule has 2 aliphatic rings. The molecular formula is C16H22N4O3. The number of amides is 2. The van der Waals surface area contributed by atoms with Gasteiger partial charge in [0, 0.05) is 44.5 Å². The zero-order valence-corrected chi connectivity index (χ0v) is 13.2. The quantitative estimate of drug-likeness (QED) is 0.848. The molecule has 1 unspecified atom stereocenters. The first-order valence-electron chi connectivity index (χ1n) is 7.92. The van der Waals surface area contributed by atoms with Crippen LogP contribution in [0.25, 0.3) is 0 Å². The van der Waals surface area contributed by atoms with Gasteiger partial charge in [0.1, 0.15) is 6.10 Å². The number of carbonyl (C=O) groups excluding carboxylic acids is 2. The molecule has 0 aromatic heterocycles. The van der Waals surface area contributed by atoms with E-state index in [1.165, 1.54) is 6.92 Å². The van der Waals surface area contributed by atoms with Crippen molar-refractivity contribution >= 4 is 23.4 Å². The largest absolute Gasteiger partial charge is 0.442 e. The molecule has 0 bridgehead atoms. The molecule has 2 fully saturated rings. The van der Waals surface area contributed by atoms with Gasteiger partial charge in [-0.1, -0.05) is 0 Å². The Morgan fingerprint density at radius 3 is 2.57 bits per heavy atom. The van der Waals surface area contributed by atoms with Gasteiger partial charge >= 0.3 is 6.09 Å². The van der Waals surface area contributed by atoms with Crippen LogP contribution in [0.1, 0.15) is 6.92 Å². The molecule has 0 saturated carbocycles. The van der Waals surface area contributed by atoms with E-state index in [1.807, 2.05) is 24.3 Å². The number of piperazine rings is 1. The lowest BCUT2D eigenvalue weighted by atomic mass is 10.2. The van der Waals surface area contributed by atoms with E-state index in [2.05, 4.69) is 15.5 Å². The van der Waals surface area contributed by atoms with E-state index in [0.717, 1.165) is 37.6 Å². The van der Waals surface area contributed by atoms with E-state index in [1.54, 1.807) is 4.90 Å². The van der Waals surface area contributed by atoms with Crippen LogP contribution in [-0.4, -0.2) is 57.4 Å². The summed E-state index contributed by atoms with van der Waals surface area (Å²) < 4.78 is 5.28. The Balaban J connectivity index is 1.62. The minimum atomic E-state index is -0.365. The van der Waals surface area contributed by atoms with Crippen LogP contribution in [0, 0.1) is 0 Å². The second-order valence-corrected chi connectivity index (χ2v) is 5.81. The summed E-state index contributed by atoms with van der Waals surface area (Å²) in [5.74, 6) is -0.125. The van der Waals surface area contributed by atoms with E-state index in [0.29, 0.717) is 13.1 Å². The van der Waals surface area contributed by atoms with Crippen LogP contribution in [0.3, 0.4) is 0 Å². The van der Waals surface area contributed by atoms with Gasteiger partial charge in [-0.05, 0) is 24.3 Å². The average molecular weight is 318 g/mol. The van der Waals surface area contributed by atoms with Crippen molar-refractivity contribution in [3.05, 3.63) is 24.3 Å². The van der Waals surface area contributed by atoms with E-state index < -0.39 is 0 Å². The van der Waals surface area contributed by atoms with Gasteiger partial charge in [0.2, 0.25) is 5.91 Å². The molecule has 23 heavy (non-hydrogen) atoms. The molecule has 124 valence electrons. The van der Waals surface area contributed by atoms with Gasteiger partial charge in [-0.3, -0.25) is 9.69 Å².